The smallest absolute Gasteiger partial charge is 0.157 e. The van der Waals surface area contributed by atoms with Gasteiger partial charge in [0.05, 0.1) is 0 Å². The summed E-state index contributed by atoms with van der Waals surface area (Å²) in [5.41, 5.74) is 3.91. The minimum atomic E-state index is 0.283. The number of carbonyl (C=O) groups is 1. The maximum atomic E-state index is 11.4. The predicted octanol–water partition coefficient (Wildman–Crippen LogP) is 2.69. The molecule has 0 saturated carbocycles. The van der Waals surface area contributed by atoms with Crippen molar-refractivity contribution in [3.05, 3.63) is 41.6 Å². The summed E-state index contributed by atoms with van der Waals surface area (Å²) < 4.78 is 0. The number of fused-ring (bicyclic) bond motifs is 1. The number of hydrogen-bond donors (Lipinski definition) is 0. The van der Waals surface area contributed by atoms with Gasteiger partial charge in [-0.1, -0.05) is 18.2 Å². The quantitative estimate of drug-likeness (QED) is 0.715. The van der Waals surface area contributed by atoms with E-state index in [1.54, 1.807) is 0 Å². The molecule has 1 heterocycles. The summed E-state index contributed by atoms with van der Waals surface area (Å²) in [6, 6.07) is 8.49. The van der Waals surface area contributed by atoms with E-state index >= 15 is 0 Å². The fourth-order valence-corrected chi connectivity index (χ4v) is 2.62. The van der Waals surface area contributed by atoms with Crippen molar-refractivity contribution in [3.63, 3.8) is 0 Å². The summed E-state index contributed by atoms with van der Waals surface area (Å²) >= 11 is 0. The Kier molecular flexibility index (Phi) is 2.28. The normalized spacial score (nSPS) is 19.6. The Morgan fingerprint density at radius 1 is 1.06 bits per heavy atom. The van der Waals surface area contributed by atoms with Gasteiger partial charge in [0.2, 0.25) is 0 Å². The van der Waals surface area contributed by atoms with Crippen molar-refractivity contribution in [1.29, 1.82) is 0 Å². The van der Waals surface area contributed by atoms with Crippen LogP contribution in [-0.2, 0) is 11.2 Å². The third-order valence-electron chi connectivity index (χ3n) is 3.42. The molecule has 0 bridgehead atoms. The Morgan fingerprint density at radius 2 is 1.94 bits per heavy atom. The Morgan fingerprint density at radius 3 is 2.81 bits per heavy atom. The molecule has 0 aromatic heterocycles. The van der Waals surface area contributed by atoms with Crippen molar-refractivity contribution in [2.45, 2.75) is 25.7 Å². The number of anilines is 1. The van der Waals surface area contributed by atoms with Gasteiger partial charge in [-0.2, -0.15) is 0 Å². The molecule has 1 aliphatic carbocycles. The number of hydrogen-bond acceptors (Lipinski definition) is 2. The van der Waals surface area contributed by atoms with Crippen LogP contribution in [0.4, 0.5) is 5.69 Å². The van der Waals surface area contributed by atoms with Crippen molar-refractivity contribution < 1.29 is 4.79 Å². The first-order chi connectivity index (χ1) is 7.84. The maximum Gasteiger partial charge on any atom is 0.157 e. The lowest BCUT2D eigenvalue weighted by Gasteiger charge is -2.25. The average molecular weight is 213 g/mol. The van der Waals surface area contributed by atoms with Gasteiger partial charge in [0.15, 0.2) is 5.78 Å². The Balaban J connectivity index is 1.95. The van der Waals surface area contributed by atoms with Crippen LogP contribution in [0, 0.1) is 0 Å². The molecular weight excluding hydrogens is 198 g/mol. The molecule has 82 valence electrons. The third kappa shape index (κ3) is 1.54. The molecule has 1 aliphatic heterocycles. The van der Waals surface area contributed by atoms with Gasteiger partial charge in [-0.05, 0) is 30.9 Å². The molecule has 3 rings (SSSR count). The fourth-order valence-electron chi connectivity index (χ4n) is 2.62. The minimum Gasteiger partial charge on any atom is -0.344 e. The summed E-state index contributed by atoms with van der Waals surface area (Å²) in [5.74, 6) is 0.283. The number of allylic oxidation sites excluding steroid dienone is 2. The zero-order chi connectivity index (χ0) is 11.0. The highest BCUT2D eigenvalue weighted by molar-refractivity contribution is 5.92. The summed E-state index contributed by atoms with van der Waals surface area (Å²) in [7, 11) is 0. The van der Waals surface area contributed by atoms with Crippen LogP contribution in [-0.4, -0.2) is 12.3 Å². The first-order valence-corrected chi connectivity index (χ1v) is 5.93. The van der Waals surface area contributed by atoms with E-state index in [1.165, 1.54) is 16.9 Å². The van der Waals surface area contributed by atoms with Gasteiger partial charge in [-0.15, -0.1) is 0 Å². The first-order valence-electron chi connectivity index (χ1n) is 5.93. The Hall–Kier alpha value is -1.57. The summed E-state index contributed by atoms with van der Waals surface area (Å²) in [6.45, 7) is 1.03. The van der Waals surface area contributed by atoms with Crippen LogP contribution in [0.1, 0.15) is 24.8 Å². The second-order valence-electron chi connectivity index (χ2n) is 4.49. The number of nitrogens with zero attached hydrogens (tertiary/aromatic N) is 1. The first kappa shape index (κ1) is 9.64. The zero-order valence-electron chi connectivity index (χ0n) is 9.28. The van der Waals surface area contributed by atoms with Crippen LogP contribution in [0.15, 0.2) is 36.0 Å². The van der Waals surface area contributed by atoms with Crippen LogP contribution in [0.2, 0.25) is 0 Å². The molecular formula is C14H15NO. The summed E-state index contributed by atoms with van der Waals surface area (Å²) in [4.78, 5) is 13.8. The second kappa shape index (κ2) is 3.78. The lowest BCUT2D eigenvalue weighted by atomic mass is 10.0. The molecule has 0 amide bonds. The van der Waals surface area contributed by atoms with E-state index in [9.17, 15) is 4.79 Å². The number of carbonyl (C=O) groups excluding carboxylic acids is 1. The van der Waals surface area contributed by atoms with E-state index in [4.69, 9.17) is 0 Å². The van der Waals surface area contributed by atoms with Gasteiger partial charge in [0.25, 0.3) is 0 Å². The number of benzene rings is 1. The molecule has 1 aromatic rings. The lowest BCUT2D eigenvalue weighted by molar-refractivity contribution is -0.115. The highest BCUT2D eigenvalue weighted by atomic mass is 16.1. The predicted molar refractivity (Wildman–Crippen MR) is 64.4 cm³/mol. The van der Waals surface area contributed by atoms with Crippen molar-refractivity contribution in [3.8, 4) is 0 Å². The molecule has 1 aromatic carbocycles. The minimum absolute atomic E-state index is 0.283. The van der Waals surface area contributed by atoms with Gasteiger partial charge >= 0.3 is 0 Å². The van der Waals surface area contributed by atoms with Gasteiger partial charge in [0, 0.05) is 30.4 Å². The topological polar surface area (TPSA) is 20.3 Å². The molecule has 0 fully saturated rings. The third-order valence-corrected chi connectivity index (χ3v) is 3.42. The van der Waals surface area contributed by atoms with Gasteiger partial charge in [-0.3, -0.25) is 4.79 Å². The van der Waals surface area contributed by atoms with Crippen LogP contribution < -0.4 is 4.90 Å². The lowest BCUT2D eigenvalue weighted by Crippen LogP contribution is -2.22. The van der Waals surface area contributed by atoms with Crippen LogP contribution in [0.25, 0.3) is 0 Å². The number of ketones is 1. The van der Waals surface area contributed by atoms with E-state index < -0.39 is 0 Å². The number of para-hydroxylation sites is 1. The molecule has 16 heavy (non-hydrogen) atoms. The monoisotopic (exact) mass is 213 g/mol. The molecule has 2 nitrogen and oxygen atoms in total. The highest BCUT2D eigenvalue weighted by Gasteiger charge is 2.23. The van der Waals surface area contributed by atoms with Gasteiger partial charge < -0.3 is 4.90 Å². The van der Waals surface area contributed by atoms with Crippen molar-refractivity contribution in [1.82, 2.24) is 0 Å². The number of rotatable bonds is 1. The summed E-state index contributed by atoms with van der Waals surface area (Å²) in [5, 5.41) is 0. The van der Waals surface area contributed by atoms with Gasteiger partial charge in [-0.25, -0.2) is 0 Å². The van der Waals surface area contributed by atoms with Crippen LogP contribution in [0.3, 0.4) is 0 Å². The molecule has 0 atom stereocenters. The van der Waals surface area contributed by atoms with E-state index in [2.05, 4.69) is 29.2 Å². The largest absolute Gasteiger partial charge is 0.344 e. The second-order valence-corrected chi connectivity index (χ2v) is 4.49. The van der Waals surface area contributed by atoms with E-state index in [1.807, 2.05) is 6.08 Å². The van der Waals surface area contributed by atoms with E-state index in [0.29, 0.717) is 0 Å². The molecule has 0 N–H and O–H groups in total. The molecule has 0 radical (unpaired) electrons. The Labute approximate surface area is 95.6 Å². The van der Waals surface area contributed by atoms with Crippen LogP contribution >= 0.6 is 0 Å². The molecule has 0 saturated heterocycles. The average Bonchev–Trinajstić information content (AvgIpc) is 2.72. The Bertz CT molecular complexity index is 462. The molecule has 0 unspecified atom stereocenters. The molecule has 2 aliphatic rings. The van der Waals surface area contributed by atoms with Gasteiger partial charge in [0.1, 0.15) is 0 Å². The standard InChI is InChI=1S/C14H15NO/c16-13-6-3-5-12(10-13)15-9-8-11-4-1-2-7-14(11)15/h1-2,4,7,10H,3,5-6,8-9H2. The highest BCUT2D eigenvalue weighted by Crippen LogP contribution is 2.33. The zero-order valence-corrected chi connectivity index (χ0v) is 9.28. The van der Waals surface area contributed by atoms with Crippen molar-refractivity contribution >= 4 is 11.5 Å². The summed E-state index contributed by atoms with van der Waals surface area (Å²) in [6.07, 6.45) is 5.70. The van der Waals surface area contributed by atoms with Crippen molar-refractivity contribution in [2.24, 2.45) is 0 Å². The fraction of sp³-hybridized carbons (Fsp3) is 0.357. The van der Waals surface area contributed by atoms with Crippen molar-refractivity contribution in [2.75, 3.05) is 11.4 Å². The van der Waals surface area contributed by atoms with Crippen LogP contribution in [0.5, 0.6) is 0 Å². The van der Waals surface area contributed by atoms with E-state index in [-0.39, 0.29) is 5.78 Å². The SMILES string of the molecule is O=C1C=C(N2CCc3ccccc32)CCC1. The molecule has 2 heteroatoms. The van der Waals surface area contributed by atoms with E-state index in [0.717, 1.165) is 32.2 Å². The molecule has 0 spiro atoms. The maximum absolute atomic E-state index is 11.4.